The Bertz CT molecular complexity index is 893. The van der Waals surface area contributed by atoms with E-state index in [9.17, 15) is 0 Å². The third kappa shape index (κ3) is 4.17. The molecule has 6 heteroatoms. The SMILES string of the molecule is COc1cccc(-c2ccnc(Nc3ccc(N4CCOCC4)cc3)n2)c1. The van der Waals surface area contributed by atoms with Gasteiger partial charge in [0.05, 0.1) is 26.0 Å². The Balaban J connectivity index is 1.49. The van der Waals surface area contributed by atoms with Crippen LogP contribution in [-0.4, -0.2) is 43.4 Å². The molecule has 0 radical (unpaired) electrons. The third-order valence-corrected chi connectivity index (χ3v) is 4.52. The highest BCUT2D eigenvalue weighted by Gasteiger charge is 2.11. The average molecular weight is 362 g/mol. The first-order valence-electron chi connectivity index (χ1n) is 8.99. The zero-order valence-electron chi connectivity index (χ0n) is 15.3. The Labute approximate surface area is 158 Å². The predicted octanol–water partition coefficient (Wildman–Crippen LogP) is 3.73. The molecule has 6 nitrogen and oxygen atoms in total. The summed E-state index contributed by atoms with van der Waals surface area (Å²) >= 11 is 0. The molecule has 1 N–H and O–H groups in total. The summed E-state index contributed by atoms with van der Waals surface area (Å²) in [5, 5.41) is 3.28. The number of methoxy groups -OCH3 is 1. The van der Waals surface area contributed by atoms with Crippen LogP contribution in [0.5, 0.6) is 5.75 Å². The van der Waals surface area contributed by atoms with Gasteiger partial charge in [-0.15, -0.1) is 0 Å². The Morgan fingerprint density at radius 1 is 1.04 bits per heavy atom. The van der Waals surface area contributed by atoms with Gasteiger partial charge in [-0.1, -0.05) is 12.1 Å². The van der Waals surface area contributed by atoms with Crippen molar-refractivity contribution in [1.29, 1.82) is 0 Å². The lowest BCUT2D eigenvalue weighted by Crippen LogP contribution is -2.36. The smallest absolute Gasteiger partial charge is 0.227 e. The molecule has 1 fully saturated rings. The van der Waals surface area contributed by atoms with Crippen LogP contribution in [0.4, 0.5) is 17.3 Å². The van der Waals surface area contributed by atoms with E-state index in [0.29, 0.717) is 5.95 Å². The molecule has 0 bridgehead atoms. The lowest BCUT2D eigenvalue weighted by atomic mass is 10.1. The zero-order valence-corrected chi connectivity index (χ0v) is 15.3. The Morgan fingerprint density at radius 3 is 2.63 bits per heavy atom. The number of morpholine rings is 1. The molecule has 3 aromatic rings. The van der Waals surface area contributed by atoms with E-state index in [1.54, 1.807) is 13.3 Å². The van der Waals surface area contributed by atoms with Gasteiger partial charge in [0.1, 0.15) is 5.75 Å². The lowest BCUT2D eigenvalue weighted by Gasteiger charge is -2.28. The molecular formula is C21H22N4O2. The molecule has 4 rings (SSSR count). The number of benzene rings is 2. The van der Waals surface area contributed by atoms with E-state index in [1.807, 2.05) is 42.5 Å². The molecule has 0 unspecified atom stereocenters. The lowest BCUT2D eigenvalue weighted by molar-refractivity contribution is 0.122. The molecule has 1 saturated heterocycles. The van der Waals surface area contributed by atoms with Crippen LogP contribution in [0.1, 0.15) is 0 Å². The number of hydrogen-bond acceptors (Lipinski definition) is 6. The minimum absolute atomic E-state index is 0.564. The molecule has 27 heavy (non-hydrogen) atoms. The van der Waals surface area contributed by atoms with Crippen molar-refractivity contribution >= 4 is 17.3 Å². The summed E-state index contributed by atoms with van der Waals surface area (Å²) in [6, 6.07) is 18.0. The first kappa shape index (κ1) is 17.3. The van der Waals surface area contributed by atoms with Crippen molar-refractivity contribution in [3.05, 3.63) is 60.8 Å². The molecule has 0 atom stereocenters. The second kappa shape index (κ2) is 8.05. The van der Waals surface area contributed by atoms with E-state index >= 15 is 0 Å². The van der Waals surface area contributed by atoms with Crippen LogP contribution in [0.3, 0.4) is 0 Å². The Kier molecular flexibility index (Phi) is 5.16. The van der Waals surface area contributed by atoms with Crippen LogP contribution in [0.25, 0.3) is 11.3 Å². The molecule has 0 spiro atoms. The summed E-state index contributed by atoms with van der Waals surface area (Å²) in [7, 11) is 1.66. The van der Waals surface area contributed by atoms with Crippen LogP contribution in [-0.2, 0) is 4.74 Å². The van der Waals surface area contributed by atoms with Crippen molar-refractivity contribution < 1.29 is 9.47 Å². The van der Waals surface area contributed by atoms with Gasteiger partial charge in [-0.2, -0.15) is 0 Å². The topological polar surface area (TPSA) is 59.5 Å². The first-order valence-corrected chi connectivity index (χ1v) is 8.99. The number of anilines is 3. The van der Waals surface area contributed by atoms with Crippen molar-refractivity contribution in [3.63, 3.8) is 0 Å². The highest BCUT2D eigenvalue weighted by atomic mass is 16.5. The fourth-order valence-corrected chi connectivity index (χ4v) is 3.07. The van der Waals surface area contributed by atoms with Crippen molar-refractivity contribution in [2.45, 2.75) is 0 Å². The predicted molar refractivity (Wildman–Crippen MR) is 107 cm³/mol. The minimum Gasteiger partial charge on any atom is -0.497 e. The molecule has 2 heterocycles. The summed E-state index contributed by atoms with van der Waals surface area (Å²) in [5.41, 5.74) is 3.99. The number of aromatic nitrogens is 2. The maximum absolute atomic E-state index is 5.41. The van der Waals surface area contributed by atoms with Gasteiger partial charge < -0.3 is 19.7 Å². The van der Waals surface area contributed by atoms with Gasteiger partial charge in [0.25, 0.3) is 0 Å². The van der Waals surface area contributed by atoms with Gasteiger partial charge in [-0.3, -0.25) is 0 Å². The van der Waals surface area contributed by atoms with Gasteiger partial charge in [-0.05, 0) is 42.5 Å². The van der Waals surface area contributed by atoms with Crippen molar-refractivity contribution in [3.8, 4) is 17.0 Å². The highest BCUT2D eigenvalue weighted by Crippen LogP contribution is 2.24. The van der Waals surface area contributed by atoms with Crippen molar-refractivity contribution in [2.24, 2.45) is 0 Å². The zero-order chi connectivity index (χ0) is 18.5. The van der Waals surface area contributed by atoms with E-state index in [1.165, 1.54) is 5.69 Å². The van der Waals surface area contributed by atoms with E-state index in [4.69, 9.17) is 9.47 Å². The number of nitrogens with one attached hydrogen (secondary N) is 1. The molecule has 138 valence electrons. The minimum atomic E-state index is 0.564. The average Bonchev–Trinajstić information content (AvgIpc) is 2.75. The number of ether oxygens (including phenoxy) is 2. The van der Waals surface area contributed by atoms with Crippen LogP contribution < -0.4 is 15.0 Å². The van der Waals surface area contributed by atoms with Gasteiger partial charge in [0, 0.05) is 36.2 Å². The summed E-state index contributed by atoms with van der Waals surface area (Å²) in [4.78, 5) is 11.3. The molecule has 0 aliphatic carbocycles. The number of nitrogens with zero attached hydrogens (tertiary/aromatic N) is 3. The van der Waals surface area contributed by atoms with Gasteiger partial charge >= 0.3 is 0 Å². The normalized spacial score (nSPS) is 14.0. The fraction of sp³-hybridized carbons (Fsp3) is 0.238. The third-order valence-electron chi connectivity index (χ3n) is 4.52. The summed E-state index contributed by atoms with van der Waals surface area (Å²) < 4.78 is 10.7. The molecule has 1 aliphatic rings. The molecule has 1 aliphatic heterocycles. The Morgan fingerprint density at radius 2 is 1.85 bits per heavy atom. The van der Waals surface area contributed by atoms with E-state index in [-0.39, 0.29) is 0 Å². The Hall–Kier alpha value is -3.12. The molecule has 2 aromatic carbocycles. The highest BCUT2D eigenvalue weighted by molar-refractivity contribution is 5.64. The standard InChI is InChI=1S/C21H22N4O2/c1-26-19-4-2-3-16(15-19)20-9-10-22-21(24-20)23-17-5-7-18(8-6-17)25-11-13-27-14-12-25/h2-10,15H,11-14H2,1H3,(H,22,23,24). The molecule has 0 saturated carbocycles. The summed E-state index contributed by atoms with van der Waals surface area (Å²) in [6.07, 6.45) is 1.76. The summed E-state index contributed by atoms with van der Waals surface area (Å²) in [6.45, 7) is 3.42. The van der Waals surface area contributed by atoms with Crippen LogP contribution in [0.15, 0.2) is 60.8 Å². The second-order valence-corrected chi connectivity index (χ2v) is 6.27. The van der Waals surface area contributed by atoms with Gasteiger partial charge in [0.2, 0.25) is 5.95 Å². The van der Waals surface area contributed by atoms with E-state index in [2.05, 4.69) is 32.3 Å². The monoisotopic (exact) mass is 362 g/mol. The maximum atomic E-state index is 5.41. The van der Waals surface area contributed by atoms with Crippen LogP contribution in [0.2, 0.25) is 0 Å². The fourth-order valence-electron chi connectivity index (χ4n) is 3.07. The van der Waals surface area contributed by atoms with Crippen LogP contribution in [0, 0.1) is 0 Å². The van der Waals surface area contributed by atoms with Crippen LogP contribution >= 0.6 is 0 Å². The summed E-state index contributed by atoms with van der Waals surface area (Å²) in [5.74, 6) is 1.37. The van der Waals surface area contributed by atoms with Gasteiger partial charge in [0.15, 0.2) is 0 Å². The largest absolute Gasteiger partial charge is 0.497 e. The molecular weight excluding hydrogens is 340 g/mol. The molecule has 1 aromatic heterocycles. The van der Waals surface area contributed by atoms with Gasteiger partial charge in [-0.25, -0.2) is 9.97 Å². The second-order valence-electron chi connectivity index (χ2n) is 6.27. The quantitative estimate of drug-likeness (QED) is 0.746. The van der Waals surface area contributed by atoms with E-state index < -0.39 is 0 Å². The van der Waals surface area contributed by atoms with Crippen molar-refractivity contribution in [1.82, 2.24) is 9.97 Å². The maximum Gasteiger partial charge on any atom is 0.227 e. The molecule has 0 amide bonds. The van der Waals surface area contributed by atoms with E-state index in [0.717, 1.165) is 49.0 Å². The van der Waals surface area contributed by atoms with Crippen molar-refractivity contribution in [2.75, 3.05) is 43.6 Å². The number of rotatable bonds is 5. The first-order chi connectivity index (χ1) is 13.3. The number of hydrogen-bond donors (Lipinski definition) is 1.